The Bertz CT molecular complexity index is 1200. The second-order valence-electron chi connectivity index (χ2n) is 6.74. The number of carbonyl (C=O) groups excluding carboxylic acids is 1. The van der Waals surface area contributed by atoms with Crippen LogP contribution in [0.15, 0.2) is 60.9 Å². The Morgan fingerprint density at radius 2 is 1.77 bits per heavy atom. The van der Waals surface area contributed by atoms with Gasteiger partial charge in [0.1, 0.15) is 0 Å². The molecule has 0 unspecified atom stereocenters. The number of nitrogens with one attached hydrogen (secondary N) is 1. The molecule has 31 heavy (non-hydrogen) atoms. The van der Waals surface area contributed by atoms with Gasteiger partial charge in [-0.2, -0.15) is 13.2 Å². The summed E-state index contributed by atoms with van der Waals surface area (Å²) in [7, 11) is -3.29. The summed E-state index contributed by atoms with van der Waals surface area (Å²) in [5.74, 6) is -0.275. The van der Waals surface area contributed by atoms with E-state index in [9.17, 15) is 26.4 Å². The zero-order valence-electron chi connectivity index (χ0n) is 16.5. The van der Waals surface area contributed by atoms with Crippen LogP contribution in [0.4, 0.5) is 30.2 Å². The van der Waals surface area contributed by atoms with Gasteiger partial charge in [-0.25, -0.2) is 12.7 Å². The molecule has 2 aromatic carbocycles. The van der Waals surface area contributed by atoms with Crippen molar-refractivity contribution in [3.63, 3.8) is 0 Å². The Labute approximate surface area is 178 Å². The van der Waals surface area contributed by atoms with Gasteiger partial charge in [-0.15, -0.1) is 0 Å². The summed E-state index contributed by atoms with van der Waals surface area (Å²) in [6, 6.07) is 10.7. The van der Waals surface area contributed by atoms with Crippen LogP contribution in [0.25, 0.3) is 11.1 Å². The first-order valence-corrected chi connectivity index (χ1v) is 10.1. The monoisotopic (exact) mass is 449 g/mol. The molecule has 1 N–H and O–H groups in total. The van der Waals surface area contributed by atoms with Crippen molar-refractivity contribution in [2.24, 2.45) is 0 Å². The van der Waals surface area contributed by atoms with Crippen LogP contribution < -0.4 is 9.62 Å². The number of pyridine rings is 1. The second-order valence-corrected chi connectivity index (χ2v) is 7.62. The number of hydrogen-bond donors (Lipinski definition) is 2. The maximum absolute atomic E-state index is 13.1. The number of rotatable bonds is 5. The van der Waals surface area contributed by atoms with Gasteiger partial charge in [0.05, 0.1) is 28.8 Å². The minimum Gasteiger partial charge on any atom is -0.325 e. The largest absolute Gasteiger partial charge is 0.416 e. The fourth-order valence-corrected chi connectivity index (χ4v) is 3.73. The first-order valence-electron chi connectivity index (χ1n) is 9.01. The van der Waals surface area contributed by atoms with Gasteiger partial charge in [0.2, 0.25) is 16.8 Å². The predicted octanol–water partition coefficient (Wildman–Crippen LogP) is 4.70. The molecule has 0 radical (unpaired) electrons. The van der Waals surface area contributed by atoms with Crippen LogP contribution in [0.2, 0.25) is 0 Å². The summed E-state index contributed by atoms with van der Waals surface area (Å²) in [4.78, 5) is 15.4. The Morgan fingerprint density at radius 1 is 1.03 bits per heavy atom. The van der Waals surface area contributed by atoms with E-state index in [0.717, 1.165) is 22.5 Å². The number of alkyl halides is 3. The molecule has 0 bridgehead atoms. The van der Waals surface area contributed by atoms with Crippen LogP contribution in [0.3, 0.4) is 0 Å². The van der Waals surface area contributed by atoms with E-state index in [0.29, 0.717) is 22.4 Å². The van der Waals surface area contributed by atoms with Gasteiger partial charge in [-0.1, -0.05) is 18.2 Å². The normalized spacial score (nSPS) is 11.4. The lowest BCUT2D eigenvalue weighted by molar-refractivity contribution is -0.137. The van der Waals surface area contributed by atoms with E-state index < -0.39 is 22.6 Å². The lowest BCUT2D eigenvalue weighted by atomic mass is 10.0. The summed E-state index contributed by atoms with van der Waals surface area (Å²) in [5, 5.41) is 2.61. The van der Waals surface area contributed by atoms with Crippen LogP contribution in [0.5, 0.6) is 0 Å². The molecule has 1 amide bonds. The van der Waals surface area contributed by atoms with E-state index in [2.05, 4.69) is 10.3 Å². The molecule has 0 fully saturated rings. The molecule has 3 rings (SSSR count). The molecule has 1 aromatic heterocycles. The Kier molecular flexibility index (Phi) is 6.30. The summed E-state index contributed by atoms with van der Waals surface area (Å²) in [6.07, 6.45) is -1.61. The number of nitrogens with zero attached hydrogens (tertiary/aromatic N) is 2. The van der Waals surface area contributed by atoms with E-state index in [1.54, 1.807) is 31.2 Å². The Morgan fingerprint density at radius 3 is 2.42 bits per heavy atom. The third-order valence-electron chi connectivity index (χ3n) is 4.41. The highest BCUT2D eigenvalue weighted by Gasteiger charge is 2.31. The van der Waals surface area contributed by atoms with E-state index in [4.69, 9.17) is 0 Å². The number of aromatic nitrogens is 1. The molecule has 0 saturated carbocycles. The Hall–Kier alpha value is -3.40. The molecule has 0 aliphatic heterocycles. The summed E-state index contributed by atoms with van der Waals surface area (Å²) >= 11 is 0. The third-order valence-corrected chi connectivity index (χ3v) is 5.18. The fraction of sp³-hybridized carbons (Fsp3) is 0.143. The molecule has 0 spiro atoms. The highest BCUT2D eigenvalue weighted by Crippen LogP contribution is 2.36. The van der Waals surface area contributed by atoms with Crippen molar-refractivity contribution < 1.29 is 26.4 Å². The molecule has 6 nitrogen and oxygen atoms in total. The number of benzene rings is 2. The maximum Gasteiger partial charge on any atom is 0.416 e. The van der Waals surface area contributed by atoms with Gasteiger partial charge in [-0.05, 0) is 48.4 Å². The van der Waals surface area contributed by atoms with Gasteiger partial charge < -0.3 is 5.32 Å². The number of carbonyl (C=O) groups is 1. The smallest absolute Gasteiger partial charge is 0.325 e. The molecular formula is C21H18F3N3O3S. The highest BCUT2D eigenvalue weighted by atomic mass is 32.2. The lowest BCUT2D eigenvalue weighted by Crippen LogP contribution is -2.17. The van der Waals surface area contributed by atoms with Crippen molar-refractivity contribution in [3.05, 3.63) is 72.1 Å². The van der Waals surface area contributed by atoms with E-state index in [1.165, 1.54) is 25.4 Å². The minimum absolute atomic E-state index is 0.128. The zero-order valence-corrected chi connectivity index (χ0v) is 17.4. The second kappa shape index (κ2) is 8.76. The molecule has 0 saturated heterocycles. The average Bonchev–Trinajstić information content (AvgIpc) is 2.69. The quantitative estimate of drug-likeness (QED) is 0.554. The molecule has 0 aliphatic carbocycles. The van der Waals surface area contributed by atoms with Crippen molar-refractivity contribution in [1.29, 1.82) is 0 Å². The van der Waals surface area contributed by atoms with Crippen molar-refractivity contribution in [1.82, 2.24) is 4.98 Å². The summed E-state index contributed by atoms with van der Waals surface area (Å²) in [6.45, 7) is 3.01. The van der Waals surface area contributed by atoms with Crippen molar-refractivity contribution in [2.75, 3.05) is 9.62 Å². The number of thiol groups is 1. The van der Waals surface area contributed by atoms with E-state index in [-0.39, 0.29) is 17.3 Å². The van der Waals surface area contributed by atoms with Crippen molar-refractivity contribution in [3.8, 4) is 11.1 Å². The van der Waals surface area contributed by atoms with Crippen molar-refractivity contribution >= 4 is 33.9 Å². The predicted molar refractivity (Wildman–Crippen MR) is 113 cm³/mol. The number of aryl methyl sites for hydroxylation is 1. The van der Waals surface area contributed by atoms with Crippen LogP contribution in [-0.4, -0.2) is 19.3 Å². The fourth-order valence-electron chi connectivity index (χ4n) is 3.02. The average molecular weight is 449 g/mol. The lowest BCUT2D eigenvalue weighted by Gasteiger charge is -2.22. The summed E-state index contributed by atoms with van der Waals surface area (Å²) in [5.41, 5.74) is 1.30. The molecule has 1 heterocycles. The van der Waals surface area contributed by atoms with Gasteiger partial charge in [0, 0.05) is 18.7 Å². The highest BCUT2D eigenvalue weighted by molar-refractivity contribution is 7.74. The van der Waals surface area contributed by atoms with Crippen LogP contribution in [0, 0.1) is 6.92 Å². The van der Waals surface area contributed by atoms with Gasteiger partial charge in [-0.3, -0.25) is 9.78 Å². The molecular weight excluding hydrogens is 431 g/mol. The molecule has 0 atom stereocenters. The standard InChI is InChI=1S/C21H18F3N3O3S/c1-13-6-7-15(16-8-18(12-25-11-16)26-14(2)28)9-20(13)27(31(29)30)19-5-3-4-17(10-19)21(22,23)24/h3-12,31H,1-2H3,(H,26,28). The van der Waals surface area contributed by atoms with Crippen LogP contribution in [0.1, 0.15) is 18.1 Å². The van der Waals surface area contributed by atoms with E-state index >= 15 is 0 Å². The van der Waals surface area contributed by atoms with Gasteiger partial charge >= 0.3 is 6.18 Å². The zero-order chi connectivity index (χ0) is 22.8. The summed E-state index contributed by atoms with van der Waals surface area (Å²) < 4.78 is 64.3. The van der Waals surface area contributed by atoms with Crippen LogP contribution >= 0.6 is 0 Å². The third kappa shape index (κ3) is 5.21. The van der Waals surface area contributed by atoms with Gasteiger partial charge in [0.25, 0.3) is 0 Å². The topological polar surface area (TPSA) is 79.4 Å². The molecule has 0 aliphatic rings. The number of amides is 1. The van der Waals surface area contributed by atoms with Gasteiger partial charge in [0.15, 0.2) is 0 Å². The number of hydrogen-bond acceptors (Lipinski definition) is 4. The maximum atomic E-state index is 13.1. The minimum atomic E-state index is -4.61. The molecule has 162 valence electrons. The first-order chi connectivity index (χ1) is 14.6. The first kappa shape index (κ1) is 22.3. The molecule has 3 aromatic rings. The SMILES string of the molecule is CC(=O)Nc1cncc(-c2ccc(C)c(N(c3cccc(C(F)(F)F)c3)[SH](=O)=O)c2)c1. The Balaban J connectivity index is 2.10. The number of halogens is 3. The van der Waals surface area contributed by atoms with Crippen LogP contribution in [-0.2, 0) is 21.9 Å². The molecule has 10 heteroatoms. The van der Waals surface area contributed by atoms with Crippen molar-refractivity contribution in [2.45, 2.75) is 20.0 Å². The van der Waals surface area contributed by atoms with E-state index in [1.807, 2.05) is 0 Å². The number of anilines is 3.